The zero-order chi connectivity index (χ0) is 24.4. The van der Waals surface area contributed by atoms with Gasteiger partial charge in [0.1, 0.15) is 25.4 Å². The van der Waals surface area contributed by atoms with Gasteiger partial charge in [0.05, 0.1) is 27.5 Å². The van der Waals surface area contributed by atoms with Gasteiger partial charge in [0, 0.05) is 6.07 Å². The zero-order valence-electron chi connectivity index (χ0n) is 17.9. The van der Waals surface area contributed by atoms with E-state index in [1.54, 1.807) is 12.1 Å². The van der Waals surface area contributed by atoms with E-state index in [9.17, 15) is 17.6 Å². The molecule has 0 radical (unpaired) electrons. The fourth-order valence-corrected chi connectivity index (χ4v) is 4.48. The first-order valence-electron chi connectivity index (χ1n) is 10.3. The highest BCUT2D eigenvalue weighted by molar-refractivity contribution is 7.92. The Labute approximate surface area is 198 Å². The smallest absolute Gasteiger partial charge is 0.262 e. The second kappa shape index (κ2) is 9.02. The number of anilines is 2. The lowest BCUT2D eigenvalue weighted by molar-refractivity contribution is 0.102. The Kier molecular flexibility index (Phi) is 5.74. The summed E-state index contributed by atoms with van der Waals surface area (Å²) in [5, 5.41) is 13.2. The minimum Gasteiger partial charge on any atom is -0.486 e. The largest absolute Gasteiger partial charge is 0.486 e. The molecule has 178 valence electrons. The number of tetrazole rings is 1. The summed E-state index contributed by atoms with van der Waals surface area (Å²) in [4.78, 5) is 12.9. The summed E-state index contributed by atoms with van der Waals surface area (Å²) < 4.78 is 55.1. The van der Waals surface area contributed by atoms with Gasteiger partial charge < -0.3 is 14.8 Å². The first-order valence-corrected chi connectivity index (χ1v) is 11.7. The summed E-state index contributed by atoms with van der Waals surface area (Å²) in [6.45, 7) is 0.678. The maximum absolute atomic E-state index is 14.4. The van der Waals surface area contributed by atoms with Crippen molar-refractivity contribution >= 4 is 27.3 Å². The Balaban J connectivity index is 1.41. The molecule has 13 heteroatoms. The van der Waals surface area contributed by atoms with Crippen molar-refractivity contribution in [3.8, 4) is 17.2 Å². The molecule has 2 heterocycles. The third-order valence-corrected chi connectivity index (χ3v) is 6.41. The predicted octanol–water partition coefficient (Wildman–Crippen LogP) is 2.63. The van der Waals surface area contributed by atoms with E-state index >= 15 is 0 Å². The molecular weight excluding hydrogens is 479 g/mol. The first-order chi connectivity index (χ1) is 16.9. The van der Waals surface area contributed by atoms with Crippen LogP contribution in [0, 0.1) is 5.82 Å². The van der Waals surface area contributed by atoms with Crippen LogP contribution >= 0.6 is 0 Å². The van der Waals surface area contributed by atoms with E-state index in [1.165, 1.54) is 53.5 Å². The van der Waals surface area contributed by atoms with Crippen LogP contribution in [0.3, 0.4) is 0 Å². The summed E-state index contributed by atoms with van der Waals surface area (Å²) in [5.74, 6) is -0.660. The first kappa shape index (κ1) is 22.3. The van der Waals surface area contributed by atoms with Gasteiger partial charge >= 0.3 is 0 Å². The molecule has 0 saturated heterocycles. The number of rotatable bonds is 6. The number of amides is 1. The summed E-state index contributed by atoms with van der Waals surface area (Å²) >= 11 is 0. The maximum Gasteiger partial charge on any atom is 0.262 e. The number of aromatic nitrogens is 4. The molecule has 0 unspecified atom stereocenters. The molecule has 11 nitrogen and oxygen atoms in total. The number of halogens is 1. The standard InChI is InChI=1S/C22H17FN6O5S/c23-17-7-5-14(29-13-24-27-28-29)11-19(17)25-22(30)16-3-1-2-4-18(16)26-35(31,32)15-6-8-20-21(12-15)34-10-9-33-20/h1-8,11-13,26H,9-10H2,(H,25,30). The van der Waals surface area contributed by atoms with Gasteiger partial charge in [-0.25, -0.2) is 17.5 Å². The van der Waals surface area contributed by atoms with Gasteiger partial charge in [-0.3, -0.25) is 9.52 Å². The SMILES string of the molecule is O=C(Nc1cc(-n2cnnn2)ccc1F)c1ccccc1NS(=O)(=O)c1ccc2c(c1)OCCO2. The summed E-state index contributed by atoms with van der Waals surface area (Å²) in [5.41, 5.74) is 0.282. The second-order valence-electron chi connectivity index (χ2n) is 7.33. The molecule has 1 amide bonds. The minimum atomic E-state index is -4.09. The minimum absolute atomic E-state index is 0.0110. The monoisotopic (exact) mass is 496 g/mol. The van der Waals surface area contributed by atoms with Crippen molar-refractivity contribution in [2.45, 2.75) is 4.90 Å². The fraction of sp³-hybridized carbons (Fsp3) is 0.0909. The lowest BCUT2D eigenvalue weighted by atomic mass is 10.1. The van der Waals surface area contributed by atoms with Crippen LogP contribution in [0.15, 0.2) is 71.9 Å². The van der Waals surface area contributed by atoms with Gasteiger partial charge in [-0.2, -0.15) is 0 Å². The normalized spacial score (nSPS) is 12.7. The van der Waals surface area contributed by atoms with Gasteiger partial charge in [-0.15, -0.1) is 5.10 Å². The Morgan fingerprint density at radius 1 is 0.971 bits per heavy atom. The highest BCUT2D eigenvalue weighted by Crippen LogP contribution is 2.33. The molecule has 0 aliphatic carbocycles. The van der Waals surface area contributed by atoms with Crippen molar-refractivity contribution in [1.29, 1.82) is 0 Å². The lowest BCUT2D eigenvalue weighted by Crippen LogP contribution is -2.20. The maximum atomic E-state index is 14.4. The van der Waals surface area contributed by atoms with E-state index in [1.807, 2.05) is 0 Å². The summed E-state index contributed by atoms with van der Waals surface area (Å²) in [6, 6.07) is 14.1. The molecule has 0 saturated carbocycles. The summed E-state index contributed by atoms with van der Waals surface area (Å²) in [6.07, 6.45) is 1.32. The highest BCUT2D eigenvalue weighted by Gasteiger charge is 2.22. The molecule has 2 N–H and O–H groups in total. The number of carbonyl (C=O) groups excluding carboxylic acids is 1. The molecule has 1 aliphatic heterocycles. The summed E-state index contributed by atoms with van der Waals surface area (Å²) in [7, 11) is -4.09. The van der Waals surface area contributed by atoms with Gasteiger partial charge in [-0.05, 0) is 52.9 Å². The van der Waals surface area contributed by atoms with Crippen molar-refractivity contribution in [1.82, 2.24) is 20.2 Å². The van der Waals surface area contributed by atoms with E-state index < -0.39 is 21.7 Å². The van der Waals surface area contributed by atoms with Crippen molar-refractivity contribution in [2.24, 2.45) is 0 Å². The van der Waals surface area contributed by atoms with Crippen LogP contribution in [0.25, 0.3) is 5.69 Å². The molecule has 1 aromatic heterocycles. The van der Waals surface area contributed by atoms with Crippen molar-refractivity contribution in [3.63, 3.8) is 0 Å². The van der Waals surface area contributed by atoms with Gasteiger partial charge in [-0.1, -0.05) is 12.1 Å². The molecule has 35 heavy (non-hydrogen) atoms. The molecule has 0 spiro atoms. The lowest BCUT2D eigenvalue weighted by Gasteiger charge is -2.19. The average molecular weight is 496 g/mol. The van der Waals surface area contributed by atoms with Crippen LogP contribution in [0.1, 0.15) is 10.4 Å². The number of fused-ring (bicyclic) bond motifs is 1. The third-order valence-electron chi connectivity index (χ3n) is 5.05. The van der Waals surface area contributed by atoms with E-state index in [0.29, 0.717) is 30.4 Å². The Morgan fingerprint density at radius 3 is 2.57 bits per heavy atom. The number of ether oxygens (including phenoxy) is 2. The van der Waals surface area contributed by atoms with Gasteiger partial charge in [0.15, 0.2) is 11.5 Å². The molecule has 0 fully saturated rings. The van der Waals surface area contributed by atoms with Crippen molar-refractivity contribution < 1.29 is 27.1 Å². The van der Waals surface area contributed by atoms with Crippen LogP contribution in [0.2, 0.25) is 0 Å². The zero-order valence-corrected chi connectivity index (χ0v) is 18.7. The van der Waals surface area contributed by atoms with E-state index in [-0.39, 0.29) is 21.8 Å². The number of para-hydroxylation sites is 1. The number of nitrogens with one attached hydrogen (secondary N) is 2. The van der Waals surface area contributed by atoms with Crippen molar-refractivity contribution in [3.05, 3.63) is 78.4 Å². The van der Waals surface area contributed by atoms with Crippen LogP contribution in [0.5, 0.6) is 11.5 Å². The predicted molar refractivity (Wildman–Crippen MR) is 122 cm³/mol. The number of carbonyl (C=O) groups is 1. The van der Waals surface area contributed by atoms with Crippen LogP contribution in [-0.4, -0.2) is 47.7 Å². The van der Waals surface area contributed by atoms with Crippen LogP contribution < -0.4 is 19.5 Å². The number of sulfonamides is 1. The molecule has 1 aliphatic rings. The van der Waals surface area contributed by atoms with E-state index in [0.717, 1.165) is 6.07 Å². The number of hydrogen-bond donors (Lipinski definition) is 2. The number of hydrogen-bond acceptors (Lipinski definition) is 8. The highest BCUT2D eigenvalue weighted by atomic mass is 32.2. The van der Waals surface area contributed by atoms with Gasteiger partial charge in [0.25, 0.3) is 15.9 Å². The molecule has 0 bridgehead atoms. The second-order valence-corrected chi connectivity index (χ2v) is 9.01. The average Bonchev–Trinajstić information content (AvgIpc) is 3.40. The molecule has 0 atom stereocenters. The van der Waals surface area contributed by atoms with Crippen molar-refractivity contribution in [2.75, 3.05) is 23.3 Å². The molecule has 3 aromatic carbocycles. The van der Waals surface area contributed by atoms with E-state index in [2.05, 4.69) is 25.6 Å². The Morgan fingerprint density at radius 2 is 1.77 bits per heavy atom. The quantitative estimate of drug-likeness (QED) is 0.416. The van der Waals surface area contributed by atoms with Gasteiger partial charge in [0.2, 0.25) is 0 Å². The third kappa shape index (κ3) is 4.61. The van der Waals surface area contributed by atoms with Crippen LogP contribution in [0.4, 0.5) is 15.8 Å². The molecule has 4 aromatic rings. The topological polar surface area (TPSA) is 137 Å². The fourth-order valence-electron chi connectivity index (χ4n) is 3.39. The molecule has 5 rings (SSSR count). The number of benzene rings is 3. The van der Waals surface area contributed by atoms with Crippen LogP contribution in [-0.2, 0) is 10.0 Å². The number of nitrogens with zero attached hydrogens (tertiary/aromatic N) is 4. The van der Waals surface area contributed by atoms with E-state index in [4.69, 9.17) is 9.47 Å². The Bertz CT molecular complexity index is 1510. The Hall–Kier alpha value is -4.52. The molecular formula is C22H17FN6O5S.